The zero-order chi connectivity index (χ0) is 26.3. The molecular formula is C26H36BrN5O4. The zero-order valence-corrected chi connectivity index (χ0v) is 23.5. The standard InChI is InChI=1S/C24H30BrN5O4.C2H6/c1-24(2,3)34-23(31)27-11-18-15-29(9-10-33-18)21-19-12-28-30(22(19)26-13-20(21)25)14-16-5-7-17(32-4)8-6-16;1-2/h5-8,12-13,18H,9-11,14-15H2,1-4H3,(H,27,31);1-2H3. The maximum Gasteiger partial charge on any atom is 0.407 e. The van der Waals surface area contributed by atoms with Crippen LogP contribution in [0, 0.1) is 0 Å². The SMILES string of the molecule is CC.COc1ccc(Cn2ncc3c(N4CCOC(CNC(=O)OC(C)(C)C)C4)c(Br)cnc32)cc1. The molecule has 196 valence electrons. The van der Waals surface area contributed by atoms with Gasteiger partial charge in [0.1, 0.15) is 11.4 Å². The van der Waals surface area contributed by atoms with E-state index in [0.29, 0.717) is 26.2 Å². The van der Waals surface area contributed by atoms with Crippen LogP contribution in [0.3, 0.4) is 0 Å². The highest BCUT2D eigenvalue weighted by atomic mass is 79.9. The first-order chi connectivity index (χ1) is 17.2. The number of ether oxygens (including phenoxy) is 3. The van der Waals surface area contributed by atoms with Crippen molar-refractivity contribution in [3.05, 3.63) is 46.7 Å². The number of hydrogen-bond acceptors (Lipinski definition) is 7. The first-order valence-corrected chi connectivity index (χ1v) is 13.0. The summed E-state index contributed by atoms with van der Waals surface area (Å²) in [6.07, 6.45) is 3.06. The van der Waals surface area contributed by atoms with Gasteiger partial charge in [-0.1, -0.05) is 26.0 Å². The summed E-state index contributed by atoms with van der Waals surface area (Å²) in [5, 5.41) is 8.38. The molecule has 0 saturated carbocycles. The van der Waals surface area contributed by atoms with Gasteiger partial charge in [0.05, 0.1) is 48.1 Å². The van der Waals surface area contributed by atoms with E-state index in [1.165, 1.54) is 0 Å². The highest BCUT2D eigenvalue weighted by Gasteiger charge is 2.26. The van der Waals surface area contributed by atoms with Gasteiger partial charge in [-0.25, -0.2) is 14.5 Å². The number of nitrogens with zero attached hydrogens (tertiary/aromatic N) is 4. The Morgan fingerprint density at radius 3 is 2.61 bits per heavy atom. The van der Waals surface area contributed by atoms with E-state index in [0.717, 1.165) is 39.1 Å². The monoisotopic (exact) mass is 561 g/mol. The number of aromatic nitrogens is 3. The Kier molecular flexibility index (Phi) is 9.56. The third kappa shape index (κ3) is 7.10. The van der Waals surface area contributed by atoms with Crippen molar-refractivity contribution in [2.24, 2.45) is 0 Å². The second-order valence-electron chi connectivity index (χ2n) is 9.16. The van der Waals surface area contributed by atoms with E-state index in [1.54, 1.807) is 7.11 Å². The summed E-state index contributed by atoms with van der Waals surface area (Å²) in [4.78, 5) is 18.9. The number of amides is 1. The summed E-state index contributed by atoms with van der Waals surface area (Å²) in [7, 11) is 1.66. The lowest BCUT2D eigenvalue weighted by molar-refractivity contribution is 0.0283. The summed E-state index contributed by atoms with van der Waals surface area (Å²) in [6.45, 7) is 12.4. The molecule has 9 nitrogen and oxygen atoms in total. The molecule has 0 spiro atoms. The average molecular weight is 563 g/mol. The van der Waals surface area contributed by atoms with Crippen molar-refractivity contribution < 1.29 is 19.0 Å². The van der Waals surface area contributed by atoms with E-state index in [9.17, 15) is 4.79 Å². The number of halogens is 1. The Bertz CT molecular complexity index is 1140. The lowest BCUT2D eigenvalue weighted by Crippen LogP contribution is -2.48. The summed E-state index contributed by atoms with van der Waals surface area (Å²) < 4.78 is 19.3. The molecule has 1 aliphatic rings. The number of carbonyl (C=O) groups is 1. The fraction of sp³-hybridized carbons (Fsp3) is 0.500. The van der Waals surface area contributed by atoms with Crippen LogP contribution in [0.4, 0.5) is 10.5 Å². The van der Waals surface area contributed by atoms with E-state index in [1.807, 2.05) is 76.0 Å². The molecule has 3 aromatic rings. The largest absolute Gasteiger partial charge is 0.497 e. The van der Waals surface area contributed by atoms with Crippen molar-refractivity contribution in [3.63, 3.8) is 0 Å². The number of carbonyl (C=O) groups excluding carboxylic acids is 1. The van der Waals surface area contributed by atoms with Gasteiger partial charge < -0.3 is 24.4 Å². The minimum absolute atomic E-state index is 0.161. The number of nitrogens with one attached hydrogen (secondary N) is 1. The minimum atomic E-state index is -0.539. The molecule has 2 aromatic heterocycles. The Balaban J connectivity index is 0.00000176. The van der Waals surface area contributed by atoms with E-state index in [4.69, 9.17) is 14.2 Å². The molecule has 0 aliphatic carbocycles. The normalized spacial score (nSPS) is 15.8. The number of anilines is 1. The fourth-order valence-corrected chi connectivity index (χ4v) is 4.45. The van der Waals surface area contributed by atoms with Crippen molar-refractivity contribution in [2.75, 3.05) is 38.3 Å². The third-order valence-corrected chi connectivity index (χ3v) is 5.99. The van der Waals surface area contributed by atoms with E-state index < -0.39 is 11.7 Å². The van der Waals surface area contributed by atoms with Crippen molar-refractivity contribution >= 4 is 38.7 Å². The number of hydrogen-bond donors (Lipinski definition) is 1. The van der Waals surface area contributed by atoms with Crippen LogP contribution < -0.4 is 15.0 Å². The molecule has 10 heteroatoms. The molecule has 1 amide bonds. The Hall–Kier alpha value is -2.85. The van der Waals surface area contributed by atoms with Crippen LogP contribution in [0.25, 0.3) is 11.0 Å². The third-order valence-electron chi connectivity index (χ3n) is 5.41. The average Bonchev–Trinajstić information content (AvgIpc) is 3.26. The van der Waals surface area contributed by atoms with Crippen molar-refractivity contribution in [2.45, 2.75) is 52.9 Å². The molecule has 4 rings (SSSR count). The molecule has 1 saturated heterocycles. The maximum absolute atomic E-state index is 12.0. The van der Waals surface area contributed by atoms with E-state index in [-0.39, 0.29) is 6.10 Å². The molecule has 1 aromatic carbocycles. The van der Waals surface area contributed by atoms with Gasteiger partial charge in [-0.2, -0.15) is 5.10 Å². The molecule has 0 bridgehead atoms. The van der Waals surface area contributed by atoms with Gasteiger partial charge in [-0.05, 0) is 54.4 Å². The maximum atomic E-state index is 12.0. The molecule has 0 radical (unpaired) electrons. The predicted molar refractivity (Wildman–Crippen MR) is 145 cm³/mol. The molecule has 1 unspecified atom stereocenters. The molecule has 36 heavy (non-hydrogen) atoms. The summed E-state index contributed by atoms with van der Waals surface area (Å²) >= 11 is 3.67. The molecule has 3 heterocycles. The van der Waals surface area contributed by atoms with Gasteiger partial charge in [0, 0.05) is 25.8 Å². The van der Waals surface area contributed by atoms with Gasteiger partial charge in [0.25, 0.3) is 0 Å². The van der Waals surface area contributed by atoms with Crippen LogP contribution in [0.2, 0.25) is 0 Å². The quantitative estimate of drug-likeness (QED) is 0.452. The summed E-state index contributed by atoms with van der Waals surface area (Å²) in [6, 6.07) is 7.93. The first kappa shape index (κ1) is 27.7. The number of benzene rings is 1. The highest BCUT2D eigenvalue weighted by Crippen LogP contribution is 2.34. The fourth-order valence-electron chi connectivity index (χ4n) is 3.89. The van der Waals surface area contributed by atoms with E-state index in [2.05, 4.69) is 36.2 Å². The van der Waals surface area contributed by atoms with Gasteiger partial charge in [-0.3, -0.25) is 0 Å². The lowest BCUT2D eigenvalue weighted by Gasteiger charge is -2.35. The molecule has 1 aliphatic heterocycles. The number of pyridine rings is 1. The molecule has 1 fully saturated rings. The Morgan fingerprint density at radius 1 is 1.22 bits per heavy atom. The molecular weight excluding hydrogens is 526 g/mol. The van der Waals surface area contributed by atoms with Gasteiger partial charge >= 0.3 is 6.09 Å². The molecule has 1 atom stereocenters. The number of fused-ring (bicyclic) bond motifs is 1. The second kappa shape index (κ2) is 12.4. The van der Waals surface area contributed by atoms with Crippen molar-refractivity contribution in [1.82, 2.24) is 20.1 Å². The Labute approximate surface area is 221 Å². The van der Waals surface area contributed by atoms with Crippen LogP contribution in [-0.4, -0.2) is 65.9 Å². The first-order valence-electron chi connectivity index (χ1n) is 12.2. The van der Waals surface area contributed by atoms with Crippen LogP contribution in [0.5, 0.6) is 5.75 Å². The van der Waals surface area contributed by atoms with Crippen LogP contribution in [-0.2, 0) is 16.0 Å². The number of morpholine rings is 1. The summed E-state index contributed by atoms with van der Waals surface area (Å²) in [5.74, 6) is 0.821. The zero-order valence-electron chi connectivity index (χ0n) is 21.9. The summed E-state index contributed by atoms with van der Waals surface area (Å²) in [5.41, 5.74) is 2.40. The van der Waals surface area contributed by atoms with Crippen molar-refractivity contribution in [1.29, 1.82) is 0 Å². The Morgan fingerprint density at radius 2 is 1.94 bits per heavy atom. The van der Waals surface area contributed by atoms with Crippen LogP contribution in [0.1, 0.15) is 40.2 Å². The topological polar surface area (TPSA) is 90.7 Å². The highest BCUT2D eigenvalue weighted by molar-refractivity contribution is 9.10. The van der Waals surface area contributed by atoms with Crippen molar-refractivity contribution in [3.8, 4) is 5.75 Å². The number of rotatable bonds is 6. The number of methoxy groups -OCH3 is 1. The van der Waals surface area contributed by atoms with Gasteiger partial charge in [0.2, 0.25) is 0 Å². The predicted octanol–water partition coefficient (Wildman–Crippen LogP) is 5.01. The van der Waals surface area contributed by atoms with Crippen LogP contribution in [0.15, 0.2) is 41.1 Å². The van der Waals surface area contributed by atoms with E-state index >= 15 is 0 Å². The molecule has 1 N–H and O–H groups in total. The van der Waals surface area contributed by atoms with Gasteiger partial charge in [0.15, 0.2) is 5.65 Å². The van der Waals surface area contributed by atoms with Gasteiger partial charge in [-0.15, -0.1) is 0 Å². The smallest absolute Gasteiger partial charge is 0.407 e. The minimum Gasteiger partial charge on any atom is -0.497 e. The second-order valence-corrected chi connectivity index (χ2v) is 10.0. The lowest BCUT2D eigenvalue weighted by atomic mass is 10.2. The van der Waals surface area contributed by atoms with Crippen LogP contribution >= 0.6 is 15.9 Å². The number of alkyl carbamates (subject to hydrolysis) is 1.